The van der Waals surface area contributed by atoms with E-state index in [2.05, 4.69) is 15.8 Å². The van der Waals surface area contributed by atoms with Crippen molar-refractivity contribution in [2.45, 2.75) is 43.4 Å². The van der Waals surface area contributed by atoms with Crippen molar-refractivity contribution in [3.63, 3.8) is 0 Å². The molecule has 114 valence electrons. The van der Waals surface area contributed by atoms with Crippen LogP contribution in [0.5, 0.6) is 0 Å². The SMILES string of the molecule is CSC1(Cn2c(CCCl)nc3ccc(F)cc32)CCCC1. The normalized spacial score (nSPS) is 17.7. The van der Waals surface area contributed by atoms with Crippen LogP contribution >= 0.6 is 23.4 Å². The summed E-state index contributed by atoms with van der Waals surface area (Å²) >= 11 is 7.86. The fourth-order valence-corrected chi connectivity index (χ4v) is 4.46. The number of halogens is 2. The maximum absolute atomic E-state index is 13.6. The molecule has 0 radical (unpaired) electrons. The summed E-state index contributed by atoms with van der Waals surface area (Å²) in [6, 6.07) is 4.84. The summed E-state index contributed by atoms with van der Waals surface area (Å²) in [5.41, 5.74) is 1.77. The minimum atomic E-state index is -0.203. The summed E-state index contributed by atoms with van der Waals surface area (Å²) in [6.45, 7) is 0.903. The Morgan fingerprint density at radius 3 is 2.81 bits per heavy atom. The predicted molar refractivity (Wildman–Crippen MR) is 88.8 cm³/mol. The number of imidazole rings is 1. The highest BCUT2D eigenvalue weighted by molar-refractivity contribution is 8.00. The maximum atomic E-state index is 13.6. The van der Waals surface area contributed by atoms with Crippen LogP contribution in [0, 0.1) is 5.82 Å². The number of thioether (sulfide) groups is 1. The molecule has 1 fully saturated rings. The van der Waals surface area contributed by atoms with Crippen LogP contribution in [0.4, 0.5) is 4.39 Å². The number of benzene rings is 1. The molecule has 1 aliphatic rings. The minimum absolute atomic E-state index is 0.203. The van der Waals surface area contributed by atoms with E-state index in [0.717, 1.165) is 29.8 Å². The summed E-state index contributed by atoms with van der Waals surface area (Å²) in [4.78, 5) is 4.65. The van der Waals surface area contributed by atoms with E-state index in [1.54, 1.807) is 12.1 Å². The average molecular weight is 327 g/mol. The van der Waals surface area contributed by atoms with Crippen molar-refractivity contribution >= 4 is 34.4 Å². The van der Waals surface area contributed by atoms with Gasteiger partial charge in [-0.2, -0.15) is 11.8 Å². The Hall–Kier alpha value is -0.740. The molecule has 0 spiro atoms. The first-order chi connectivity index (χ1) is 10.2. The topological polar surface area (TPSA) is 17.8 Å². The van der Waals surface area contributed by atoms with Gasteiger partial charge in [0.2, 0.25) is 0 Å². The Morgan fingerprint density at radius 2 is 2.14 bits per heavy atom. The van der Waals surface area contributed by atoms with Crippen LogP contribution in [-0.2, 0) is 13.0 Å². The molecule has 0 amide bonds. The number of fused-ring (bicyclic) bond motifs is 1. The van der Waals surface area contributed by atoms with Crippen molar-refractivity contribution in [1.82, 2.24) is 9.55 Å². The molecule has 0 bridgehead atoms. The first-order valence-corrected chi connectivity index (χ1v) is 9.19. The molecule has 1 aliphatic carbocycles. The fraction of sp³-hybridized carbons (Fsp3) is 0.562. The summed E-state index contributed by atoms with van der Waals surface area (Å²) < 4.78 is 16.1. The van der Waals surface area contributed by atoms with Gasteiger partial charge in [-0.25, -0.2) is 9.37 Å². The van der Waals surface area contributed by atoms with Crippen molar-refractivity contribution in [2.24, 2.45) is 0 Å². The lowest BCUT2D eigenvalue weighted by Gasteiger charge is -2.28. The van der Waals surface area contributed by atoms with E-state index in [1.165, 1.54) is 31.7 Å². The van der Waals surface area contributed by atoms with Crippen molar-refractivity contribution in [2.75, 3.05) is 12.1 Å². The van der Waals surface area contributed by atoms with Gasteiger partial charge in [-0.3, -0.25) is 0 Å². The lowest BCUT2D eigenvalue weighted by Crippen LogP contribution is -2.28. The molecule has 5 heteroatoms. The molecule has 2 nitrogen and oxygen atoms in total. The Bertz CT molecular complexity index is 634. The van der Waals surface area contributed by atoms with Gasteiger partial charge >= 0.3 is 0 Å². The van der Waals surface area contributed by atoms with Crippen molar-refractivity contribution in [3.8, 4) is 0 Å². The van der Waals surface area contributed by atoms with E-state index < -0.39 is 0 Å². The molecule has 0 aliphatic heterocycles. The van der Waals surface area contributed by atoms with Gasteiger partial charge in [0.05, 0.1) is 11.0 Å². The molecule has 0 unspecified atom stereocenters. The van der Waals surface area contributed by atoms with E-state index in [0.29, 0.717) is 5.88 Å². The van der Waals surface area contributed by atoms with Gasteiger partial charge < -0.3 is 4.57 Å². The molecule has 0 atom stereocenters. The third-order valence-corrected chi connectivity index (χ3v) is 6.09. The summed E-state index contributed by atoms with van der Waals surface area (Å²) in [7, 11) is 0. The third-order valence-electron chi connectivity index (χ3n) is 4.50. The highest BCUT2D eigenvalue weighted by Crippen LogP contribution is 2.42. The van der Waals surface area contributed by atoms with Crippen molar-refractivity contribution in [3.05, 3.63) is 29.8 Å². The second kappa shape index (κ2) is 6.17. The maximum Gasteiger partial charge on any atom is 0.125 e. The molecule has 1 heterocycles. The molecule has 1 aromatic carbocycles. The standard InChI is InChI=1S/C16H20ClFN2S/c1-21-16(7-2-3-8-16)11-20-14-10-12(18)4-5-13(14)19-15(20)6-9-17/h4-5,10H,2-3,6-9,11H2,1H3. The molecule has 21 heavy (non-hydrogen) atoms. The van der Waals surface area contributed by atoms with Gasteiger partial charge in [-0.15, -0.1) is 11.6 Å². The van der Waals surface area contributed by atoms with E-state index in [9.17, 15) is 4.39 Å². The number of hydrogen-bond donors (Lipinski definition) is 0. The van der Waals surface area contributed by atoms with Crippen LogP contribution in [0.3, 0.4) is 0 Å². The van der Waals surface area contributed by atoms with Gasteiger partial charge in [-0.1, -0.05) is 12.8 Å². The molecular weight excluding hydrogens is 307 g/mol. The minimum Gasteiger partial charge on any atom is -0.326 e. The second-order valence-corrected chi connectivity index (χ2v) is 7.43. The van der Waals surface area contributed by atoms with Crippen molar-refractivity contribution < 1.29 is 4.39 Å². The molecule has 1 saturated carbocycles. The van der Waals surface area contributed by atoms with Gasteiger partial charge in [0.1, 0.15) is 11.6 Å². The van der Waals surface area contributed by atoms with Crippen LogP contribution in [0.15, 0.2) is 18.2 Å². The number of aryl methyl sites for hydroxylation is 1. The zero-order valence-corrected chi connectivity index (χ0v) is 13.8. The van der Waals surface area contributed by atoms with E-state index >= 15 is 0 Å². The third kappa shape index (κ3) is 2.93. The molecule has 3 rings (SSSR count). The number of alkyl halides is 1. The van der Waals surface area contributed by atoms with Crippen LogP contribution in [0.2, 0.25) is 0 Å². The lowest BCUT2D eigenvalue weighted by atomic mass is 10.1. The molecule has 0 N–H and O–H groups in total. The number of nitrogens with zero attached hydrogens (tertiary/aromatic N) is 2. The predicted octanol–water partition coefficient (Wildman–Crippen LogP) is 4.63. The molecule has 1 aromatic heterocycles. The van der Waals surface area contributed by atoms with Crippen LogP contribution in [0.1, 0.15) is 31.5 Å². The summed E-state index contributed by atoms with van der Waals surface area (Å²) in [5, 5.41) is 0. The highest BCUT2D eigenvalue weighted by Gasteiger charge is 2.34. The van der Waals surface area contributed by atoms with Crippen molar-refractivity contribution in [1.29, 1.82) is 0 Å². The Morgan fingerprint density at radius 1 is 1.38 bits per heavy atom. The first-order valence-electron chi connectivity index (χ1n) is 7.43. The number of hydrogen-bond acceptors (Lipinski definition) is 2. The smallest absolute Gasteiger partial charge is 0.125 e. The zero-order chi connectivity index (χ0) is 14.9. The molecule has 2 aromatic rings. The monoisotopic (exact) mass is 326 g/mol. The quantitative estimate of drug-likeness (QED) is 0.745. The average Bonchev–Trinajstić information content (AvgIpc) is 3.07. The van der Waals surface area contributed by atoms with E-state index in [1.807, 2.05) is 11.8 Å². The van der Waals surface area contributed by atoms with Gasteiger partial charge in [0, 0.05) is 23.6 Å². The summed E-state index contributed by atoms with van der Waals surface area (Å²) in [5.74, 6) is 1.31. The molecular formula is C16H20ClFN2S. The highest BCUT2D eigenvalue weighted by atomic mass is 35.5. The Kier molecular flexibility index (Phi) is 4.46. The fourth-order valence-electron chi connectivity index (χ4n) is 3.33. The molecule has 0 saturated heterocycles. The van der Waals surface area contributed by atoms with Gasteiger partial charge in [-0.05, 0) is 37.3 Å². The van der Waals surface area contributed by atoms with E-state index in [4.69, 9.17) is 11.6 Å². The van der Waals surface area contributed by atoms with Gasteiger partial charge in [0.15, 0.2) is 0 Å². The number of rotatable bonds is 5. The van der Waals surface area contributed by atoms with Crippen LogP contribution in [0.25, 0.3) is 11.0 Å². The van der Waals surface area contributed by atoms with Gasteiger partial charge in [0.25, 0.3) is 0 Å². The first kappa shape index (κ1) is 15.2. The zero-order valence-electron chi connectivity index (χ0n) is 12.2. The largest absolute Gasteiger partial charge is 0.326 e. The summed E-state index contributed by atoms with van der Waals surface area (Å²) in [6.07, 6.45) is 7.93. The van der Waals surface area contributed by atoms with Crippen LogP contribution < -0.4 is 0 Å². The second-order valence-electron chi connectivity index (χ2n) is 5.78. The van der Waals surface area contributed by atoms with Crippen LogP contribution in [-0.4, -0.2) is 26.4 Å². The van der Waals surface area contributed by atoms with E-state index in [-0.39, 0.29) is 10.6 Å². The Balaban J connectivity index is 2.05. The number of aromatic nitrogens is 2. The lowest BCUT2D eigenvalue weighted by molar-refractivity contribution is 0.501. The Labute approximate surface area is 134 Å².